The summed E-state index contributed by atoms with van der Waals surface area (Å²) in [6.07, 6.45) is -4.09. The first-order valence-corrected chi connectivity index (χ1v) is 10.3. The van der Waals surface area contributed by atoms with E-state index in [-0.39, 0.29) is 12.0 Å². The van der Waals surface area contributed by atoms with Crippen LogP contribution in [0.2, 0.25) is 0 Å². The number of fused-ring (bicyclic) bond motifs is 1. The predicted molar refractivity (Wildman–Crippen MR) is 107 cm³/mol. The van der Waals surface area contributed by atoms with Gasteiger partial charge in [-0.05, 0) is 31.4 Å². The average molecular weight is 528 g/mol. The summed E-state index contributed by atoms with van der Waals surface area (Å²) < 4.78 is 74.8. The number of carbonyl (C=O) groups is 2. The van der Waals surface area contributed by atoms with Crippen LogP contribution in [0.3, 0.4) is 0 Å². The molecule has 2 aliphatic heterocycles. The summed E-state index contributed by atoms with van der Waals surface area (Å²) in [5, 5.41) is 18.2. The number of ether oxygens (including phenoxy) is 1. The predicted octanol–water partition coefficient (Wildman–Crippen LogP) is 3.19. The number of rotatable bonds is 3. The van der Waals surface area contributed by atoms with Crippen molar-refractivity contribution in [1.82, 2.24) is 20.0 Å². The van der Waals surface area contributed by atoms with Crippen molar-refractivity contribution < 1.29 is 55.4 Å². The second-order valence-corrected chi connectivity index (χ2v) is 7.77. The Morgan fingerprint density at radius 1 is 1.14 bits per heavy atom. The van der Waals surface area contributed by atoms with Gasteiger partial charge in [-0.25, -0.2) is 9.59 Å². The molecule has 0 aromatic carbocycles. The standard InChI is InChI=1S/C16H20N4O2.2C2HF3O2/c1-11-18-16(22-19-11)13-7-15-14(4-6-21-15)20(10-13)9-12-3-2-5-17-8-12;2*3-2(4,5)1(6)7/h2-3,5,8,13-15H,4,6-7,9-10H2,1H3;2*(H,6,7)/t13-,14-,15-;;/m1../s1. The van der Waals surface area contributed by atoms with Crippen molar-refractivity contribution in [3.05, 3.63) is 41.8 Å². The van der Waals surface area contributed by atoms with Crippen LogP contribution in [0.5, 0.6) is 0 Å². The minimum Gasteiger partial charge on any atom is -0.475 e. The molecule has 2 N–H and O–H groups in total. The molecule has 16 heteroatoms. The Hall–Kier alpha value is -3.27. The van der Waals surface area contributed by atoms with Gasteiger partial charge >= 0.3 is 24.3 Å². The molecule has 2 aromatic heterocycles. The van der Waals surface area contributed by atoms with Gasteiger partial charge in [0.1, 0.15) is 0 Å². The zero-order chi connectivity index (χ0) is 27.1. The Morgan fingerprint density at radius 2 is 1.75 bits per heavy atom. The minimum absolute atomic E-state index is 0.247. The molecule has 3 atom stereocenters. The number of alkyl halides is 6. The van der Waals surface area contributed by atoms with Crippen LogP contribution in [0.25, 0.3) is 0 Å². The maximum absolute atomic E-state index is 10.6. The zero-order valence-electron chi connectivity index (χ0n) is 18.7. The summed E-state index contributed by atoms with van der Waals surface area (Å²) in [4.78, 5) is 28.9. The highest BCUT2D eigenvalue weighted by Gasteiger charge is 2.42. The van der Waals surface area contributed by atoms with Crippen molar-refractivity contribution in [2.24, 2.45) is 0 Å². The first-order chi connectivity index (χ1) is 16.7. The molecule has 0 radical (unpaired) electrons. The highest BCUT2D eigenvalue weighted by atomic mass is 19.4. The van der Waals surface area contributed by atoms with Gasteiger partial charge < -0.3 is 19.5 Å². The number of likely N-dealkylation sites (tertiary alicyclic amines) is 1. The smallest absolute Gasteiger partial charge is 0.475 e. The van der Waals surface area contributed by atoms with Crippen LogP contribution in [0.4, 0.5) is 26.3 Å². The Bertz CT molecular complexity index is 977. The molecule has 0 spiro atoms. The van der Waals surface area contributed by atoms with E-state index >= 15 is 0 Å². The molecule has 0 bridgehead atoms. The molecule has 36 heavy (non-hydrogen) atoms. The van der Waals surface area contributed by atoms with E-state index in [2.05, 4.69) is 26.1 Å². The fourth-order valence-electron chi connectivity index (χ4n) is 3.62. The first kappa shape index (κ1) is 29.0. The molecule has 2 fully saturated rings. The molecule has 200 valence electrons. The van der Waals surface area contributed by atoms with E-state index in [0.717, 1.165) is 38.4 Å². The van der Waals surface area contributed by atoms with Crippen LogP contribution in [0.15, 0.2) is 29.0 Å². The number of pyridine rings is 1. The lowest BCUT2D eigenvalue weighted by atomic mass is 9.89. The van der Waals surface area contributed by atoms with E-state index in [0.29, 0.717) is 11.9 Å². The number of halogens is 6. The molecule has 2 aromatic rings. The molecular formula is C20H22F6N4O6. The van der Waals surface area contributed by atoms with Gasteiger partial charge in [-0.1, -0.05) is 11.2 Å². The summed E-state index contributed by atoms with van der Waals surface area (Å²) in [5.41, 5.74) is 1.23. The maximum Gasteiger partial charge on any atom is 0.490 e. The van der Waals surface area contributed by atoms with Crippen LogP contribution in [0.1, 0.15) is 36.0 Å². The van der Waals surface area contributed by atoms with Gasteiger partial charge in [-0.3, -0.25) is 9.88 Å². The molecule has 0 aliphatic carbocycles. The first-order valence-electron chi connectivity index (χ1n) is 10.3. The number of aryl methyl sites for hydroxylation is 1. The van der Waals surface area contributed by atoms with Crippen molar-refractivity contribution in [3.63, 3.8) is 0 Å². The van der Waals surface area contributed by atoms with E-state index in [9.17, 15) is 26.3 Å². The molecule has 4 heterocycles. The number of piperidine rings is 1. The number of aromatic nitrogens is 3. The van der Waals surface area contributed by atoms with E-state index in [1.165, 1.54) is 5.56 Å². The quantitative estimate of drug-likeness (QED) is 0.571. The van der Waals surface area contributed by atoms with Gasteiger partial charge in [-0.15, -0.1) is 0 Å². The Balaban J connectivity index is 0.000000271. The minimum atomic E-state index is -5.08. The van der Waals surface area contributed by atoms with Gasteiger partial charge in [0.15, 0.2) is 5.82 Å². The van der Waals surface area contributed by atoms with E-state index in [1.807, 2.05) is 25.4 Å². The molecule has 0 unspecified atom stereocenters. The number of carboxylic acids is 2. The third-order valence-corrected chi connectivity index (χ3v) is 5.10. The van der Waals surface area contributed by atoms with Gasteiger partial charge in [0.25, 0.3) is 0 Å². The van der Waals surface area contributed by atoms with Gasteiger partial charge in [0.05, 0.1) is 12.0 Å². The number of hydrogen-bond donors (Lipinski definition) is 2. The third kappa shape index (κ3) is 8.75. The summed E-state index contributed by atoms with van der Waals surface area (Å²) in [6, 6.07) is 4.60. The summed E-state index contributed by atoms with van der Waals surface area (Å²) in [7, 11) is 0. The number of hydrogen-bond acceptors (Lipinski definition) is 8. The second-order valence-electron chi connectivity index (χ2n) is 7.77. The monoisotopic (exact) mass is 528 g/mol. The average Bonchev–Trinajstić information content (AvgIpc) is 3.43. The summed E-state index contributed by atoms with van der Waals surface area (Å²) >= 11 is 0. The fraction of sp³-hybridized carbons (Fsp3) is 0.550. The van der Waals surface area contributed by atoms with Gasteiger partial charge in [0.2, 0.25) is 5.89 Å². The summed E-state index contributed by atoms with van der Waals surface area (Å²) in [6.45, 7) is 4.52. The SMILES string of the molecule is Cc1noc([C@@H]2C[C@H]3OCC[C@H]3N(Cc3cccnc3)C2)n1.O=C(O)C(F)(F)F.O=C(O)C(F)(F)F. The molecule has 0 amide bonds. The van der Waals surface area contributed by atoms with E-state index in [4.69, 9.17) is 29.1 Å². The third-order valence-electron chi connectivity index (χ3n) is 5.10. The van der Waals surface area contributed by atoms with Crippen molar-refractivity contribution in [3.8, 4) is 0 Å². The number of aliphatic carboxylic acids is 2. The van der Waals surface area contributed by atoms with Crippen LogP contribution >= 0.6 is 0 Å². The van der Waals surface area contributed by atoms with Crippen LogP contribution in [0, 0.1) is 6.92 Å². The van der Waals surface area contributed by atoms with Crippen molar-refractivity contribution in [2.45, 2.75) is 56.7 Å². The molecule has 4 rings (SSSR count). The largest absolute Gasteiger partial charge is 0.490 e. The lowest BCUT2D eigenvalue weighted by Crippen LogP contribution is -2.48. The number of carboxylic acid groups (broad SMARTS) is 2. The molecule has 2 aliphatic rings. The van der Waals surface area contributed by atoms with Crippen LogP contribution < -0.4 is 0 Å². The lowest BCUT2D eigenvalue weighted by Gasteiger charge is -2.39. The van der Waals surface area contributed by atoms with Crippen LogP contribution in [-0.4, -0.2) is 79.8 Å². The second kappa shape index (κ2) is 12.1. The Morgan fingerprint density at radius 3 is 2.22 bits per heavy atom. The van der Waals surface area contributed by atoms with Gasteiger partial charge in [0, 0.05) is 38.1 Å². The molecule has 0 saturated carbocycles. The lowest BCUT2D eigenvalue weighted by molar-refractivity contribution is -0.193. The van der Waals surface area contributed by atoms with Crippen molar-refractivity contribution in [1.29, 1.82) is 0 Å². The Labute approximate surface area is 199 Å². The molecule has 2 saturated heterocycles. The fourth-order valence-corrected chi connectivity index (χ4v) is 3.62. The zero-order valence-corrected chi connectivity index (χ0v) is 18.7. The van der Waals surface area contributed by atoms with Crippen molar-refractivity contribution >= 4 is 11.9 Å². The molecular weight excluding hydrogens is 506 g/mol. The topological polar surface area (TPSA) is 139 Å². The molecule has 10 nitrogen and oxygen atoms in total. The normalized spacial score (nSPS) is 21.9. The van der Waals surface area contributed by atoms with Crippen molar-refractivity contribution in [2.75, 3.05) is 13.2 Å². The Kier molecular flexibility index (Phi) is 9.75. The van der Waals surface area contributed by atoms with Gasteiger partial charge in [-0.2, -0.15) is 31.3 Å². The number of nitrogens with zero attached hydrogens (tertiary/aromatic N) is 4. The highest BCUT2D eigenvalue weighted by Crippen LogP contribution is 2.36. The highest BCUT2D eigenvalue weighted by molar-refractivity contribution is 5.73. The van der Waals surface area contributed by atoms with E-state index in [1.54, 1.807) is 0 Å². The summed E-state index contributed by atoms with van der Waals surface area (Å²) in [5.74, 6) is -3.83. The maximum atomic E-state index is 10.6. The van der Waals surface area contributed by atoms with Crippen LogP contribution in [-0.2, 0) is 20.9 Å². The van der Waals surface area contributed by atoms with E-state index < -0.39 is 24.3 Å².